The Kier molecular flexibility index (Phi) is 5.21. The lowest BCUT2D eigenvalue weighted by atomic mass is 9.89. The fraction of sp³-hybridized carbons (Fsp3) is 0.500. The molecule has 2 atom stereocenters. The molecule has 6 heteroatoms. The molecule has 1 heterocycles. The molecule has 2 fully saturated rings. The van der Waals surface area contributed by atoms with Crippen molar-refractivity contribution in [1.29, 1.82) is 0 Å². The van der Waals surface area contributed by atoms with E-state index >= 15 is 0 Å². The van der Waals surface area contributed by atoms with Crippen molar-refractivity contribution in [3.63, 3.8) is 0 Å². The van der Waals surface area contributed by atoms with Crippen molar-refractivity contribution >= 4 is 24.2 Å². The number of piperazine rings is 1. The molecular formula is C16H21ClN2O3. The Bertz CT molecular complexity index is 552. The number of halogens is 1. The van der Waals surface area contributed by atoms with E-state index in [1.165, 1.54) is 0 Å². The molecule has 5 nitrogen and oxygen atoms in total. The Hall–Kier alpha value is -1.43. The van der Waals surface area contributed by atoms with Crippen LogP contribution in [-0.4, -0.2) is 46.9 Å². The third kappa shape index (κ3) is 3.16. The number of rotatable bonds is 3. The number of benzene rings is 1. The first-order valence-electron chi connectivity index (χ1n) is 7.40. The van der Waals surface area contributed by atoms with E-state index in [4.69, 9.17) is 0 Å². The molecule has 2 aliphatic rings. The number of carbonyl (C=O) groups excluding carboxylic acids is 1. The average molecular weight is 325 g/mol. The molecule has 2 N–H and O–H groups in total. The molecule has 1 saturated heterocycles. The van der Waals surface area contributed by atoms with Gasteiger partial charge in [-0.1, -0.05) is 30.3 Å². The van der Waals surface area contributed by atoms with Crippen LogP contribution in [0.2, 0.25) is 0 Å². The van der Waals surface area contributed by atoms with Gasteiger partial charge in [-0.2, -0.15) is 0 Å². The SMILES string of the molecule is Cl.O=C(O)CN1CC2(CCCC2=O)NC[C@H]1c1ccccc1. The zero-order valence-corrected chi connectivity index (χ0v) is 13.1. The van der Waals surface area contributed by atoms with Crippen LogP contribution in [-0.2, 0) is 9.59 Å². The summed E-state index contributed by atoms with van der Waals surface area (Å²) in [7, 11) is 0. The van der Waals surface area contributed by atoms with Crippen LogP contribution in [0.5, 0.6) is 0 Å². The monoisotopic (exact) mass is 324 g/mol. The quantitative estimate of drug-likeness (QED) is 0.884. The van der Waals surface area contributed by atoms with Gasteiger partial charge in [0.05, 0.1) is 12.1 Å². The van der Waals surface area contributed by atoms with Crippen molar-refractivity contribution in [3.05, 3.63) is 35.9 Å². The Morgan fingerprint density at radius 2 is 2.09 bits per heavy atom. The second-order valence-corrected chi connectivity index (χ2v) is 5.96. The third-order valence-electron chi connectivity index (χ3n) is 4.61. The average Bonchev–Trinajstić information content (AvgIpc) is 2.80. The first-order chi connectivity index (χ1) is 10.1. The molecule has 1 aromatic rings. The van der Waals surface area contributed by atoms with Crippen LogP contribution in [0.15, 0.2) is 30.3 Å². The van der Waals surface area contributed by atoms with Crippen LogP contribution >= 0.6 is 12.4 Å². The van der Waals surface area contributed by atoms with Gasteiger partial charge in [-0.05, 0) is 18.4 Å². The maximum absolute atomic E-state index is 12.2. The summed E-state index contributed by atoms with van der Waals surface area (Å²) in [6.45, 7) is 1.07. The minimum Gasteiger partial charge on any atom is -0.480 e. The molecular weight excluding hydrogens is 304 g/mol. The van der Waals surface area contributed by atoms with E-state index < -0.39 is 11.5 Å². The summed E-state index contributed by atoms with van der Waals surface area (Å²) in [5.41, 5.74) is 0.562. The lowest BCUT2D eigenvalue weighted by molar-refractivity contribution is -0.141. The molecule has 0 radical (unpaired) electrons. The van der Waals surface area contributed by atoms with Crippen molar-refractivity contribution < 1.29 is 14.7 Å². The number of carbonyl (C=O) groups is 2. The lowest BCUT2D eigenvalue weighted by Crippen LogP contribution is -2.64. The largest absolute Gasteiger partial charge is 0.480 e. The number of hydrogen-bond donors (Lipinski definition) is 2. The van der Waals surface area contributed by atoms with E-state index in [0.717, 1.165) is 18.4 Å². The van der Waals surface area contributed by atoms with E-state index in [0.29, 0.717) is 19.5 Å². The predicted molar refractivity (Wildman–Crippen MR) is 85.2 cm³/mol. The van der Waals surface area contributed by atoms with E-state index in [1.54, 1.807) is 0 Å². The number of Topliss-reactive ketones (excluding diaryl/α,β-unsaturated/α-hetero) is 1. The highest BCUT2D eigenvalue weighted by atomic mass is 35.5. The first kappa shape index (κ1) is 16.9. The van der Waals surface area contributed by atoms with Crippen molar-refractivity contribution in [2.45, 2.75) is 30.8 Å². The molecule has 0 amide bonds. The standard InChI is InChI=1S/C16H20N2O3.ClH/c19-14-7-4-8-16(14)11-18(10-15(20)21)13(9-17-16)12-5-2-1-3-6-12;/h1-3,5-6,13,17H,4,7-11H2,(H,20,21);1H/t13-,16?;/m0./s1. The molecule has 120 valence electrons. The second kappa shape index (κ2) is 6.77. The van der Waals surface area contributed by atoms with Crippen LogP contribution < -0.4 is 5.32 Å². The molecule has 3 rings (SSSR count). The highest BCUT2D eigenvalue weighted by Crippen LogP contribution is 2.34. The van der Waals surface area contributed by atoms with Gasteiger partial charge in [0.15, 0.2) is 5.78 Å². The number of ketones is 1. The van der Waals surface area contributed by atoms with Crippen molar-refractivity contribution in [2.75, 3.05) is 19.6 Å². The molecule has 1 aliphatic carbocycles. The summed E-state index contributed by atoms with van der Waals surface area (Å²) in [6.07, 6.45) is 2.30. The zero-order chi connectivity index (χ0) is 14.9. The molecule has 1 saturated carbocycles. The van der Waals surface area contributed by atoms with Gasteiger partial charge in [0.2, 0.25) is 0 Å². The number of carboxylic acids is 1. The molecule has 1 aromatic carbocycles. The minimum atomic E-state index is -0.849. The number of aliphatic carboxylic acids is 1. The first-order valence-corrected chi connectivity index (χ1v) is 7.40. The highest BCUT2D eigenvalue weighted by molar-refractivity contribution is 5.91. The summed E-state index contributed by atoms with van der Waals surface area (Å²) < 4.78 is 0. The van der Waals surface area contributed by atoms with Crippen LogP contribution in [0.3, 0.4) is 0 Å². The molecule has 1 aliphatic heterocycles. The lowest BCUT2D eigenvalue weighted by Gasteiger charge is -2.45. The van der Waals surface area contributed by atoms with Gasteiger partial charge < -0.3 is 10.4 Å². The number of nitrogens with one attached hydrogen (secondary N) is 1. The predicted octanol–water partition coefficient (Wildman–Crippen LogP) is 1.63. The fourth-order valence-corrected chi connectivity index (χ4v) is 3.56. The van der Waals surface area contributed by atoms with Gasteiger partial charge in [-0.25, -0.2) is 0 Å². The highest BCUT2D eigenvalue weighted by Gasteiger charge is 2.47. The van der Waals surface area contributed by atoms with Gasteiger partial charge in [0.1, 0.15) is 0 Å². The zero-order valence-electron chi connectivity index (χ0n) is 12.3. The number of hydrogen-bond acceptors (Lipinski definition) is 4. The van der Waals surface area contributed by atoms with E-state index in [9.17, 15) is 14.7 Å². The normalized spacial score (nSPS) is 28.5. The summed E-state index contributed by atoms with van der Waals surface area (Å²) in [5.74, 6) is -0.622. The third-order valence-corrected chi connectivity index (χ3v) is 4.61. The van der Waals surface area contributed by atoms with E-state index in [2.05, 4.69) is 5.32 Å². The maximum atomic E-state index is 12.2. The van der Waals surface area contributed by atoms with Crippen molar-refractivity contribution in [2.24, 2.45) is 0 Å². The Balaban J connectivity index is 0.00000176. The molecule has 1 unspecified atom stereocenters. The van der Waals surface area contributed by atoms with Gasteiger partial charge in [-0.15, -0.1) is 12.4 Å². The Labute approximate surface area is 136 Å². The van der Waals surface area contributed by atoms with Gasteiger partial charge >= 0.3 is 5.97 Å². The molecule has 0 bridgehead atoms. The van der Waals surface area contributed by atoms with Crippen LogP contribution in [0.4, 0.5) is 0 Å². The van der Waals surface area contributed by atoms with Gasteiger partial charge in [0, 0.05) is 25.6 Å². The molecule has 1 spiro atoms. The maximum Gasteiger partial charge on any atom is 0.317 e. The fourth-order valence-electron chi connectivity index (χ4n) is 3.56. The topological polar surface area (TPSA) is 69.6 Å². The minimum absolute atomic E-state index is 0. The van der Waals surface area contributed by atoms with Crippen molar-refractivity contribution in [1.82, 2.24) is 10.2 Å². The second-order valence-electron chi connectivity index (χ2n) is 5.96. The number of carboxylic acid groups (broad SMARTS) is 1. The van der Waals surface area contributed by atoms with Crippen LogP contribution in [0.25, 0.3) is 0 Å². The number of nitrogens with zero attached hydrogens (tertiary/aromatic N) is 1. The van der Waals surface area contributed by atoms with Crippen LogP contribution in [0.1, 0.15) is 30.9 Å². The smallest absolute Gasteiger partial charge is 0.317 e. The summed E-state index contributed by atoms with van der Waals surface area (Å²) in [4.78, 5) is 25.3. The Morgan fingerprint density at radius 1 is 1.36 bits per heavy atom. The van der Waals surface area contributed by atoms with Crippen LogP contribution in [0, 0.1) is 0 Å². The van der Waals surface area contributed by atoms with Crippen molar-refractivity contribution in [3.8, 4) is 0 Å². The summed E-state index contributed by atoms with van der Waals surface area (Å²) in [6, 6.07) is 9.88. The summed E-state index contributed by atoms with van der Waals surface area (Å²) >= 11 is 0. The van der Waals surface area contributed by atoms with E-state index in [-0.39, 0.29) is 30.8 Å². The molecule has 22 heavy (non-hydrogen) atoms. The van der Waals surface area contributed by atoms with E-state index in [1.807, 2.05) is 35.2 Å². The van der Waals surface area contributed by atoms with Gasteiger partial charge in [-0.3, -0.25) is 14.5 Å². The Morgan fingerprint density at radius 3 is 2.68 bits per heavy atom. The summed E-state index contributed by atoms with van der Waals surface area (Å²) in [5, 5.41) is 12.6. The van der Waals surface area contributed by atoms with Gasteiger partial charge in [0.25, 0.3) is 0 Å². The molecule has 0 aromatic heterocycles.